The van der Waals surface area contributed by atoms with Gasteiger partial charge in [-0.3, -0.25) is 4.79 Å². The first-order valence-electron chi connectivity index (χ1n) is 6.90. The molecule has 0 bridgehead atoms. The number of benzene rings is 1. The molecule has 3 N–H and O–H groups in total. The minimum Gasteiger partial charge on any atom is -0.383 e. The summed E-state index contributed by atoms with van der Waals surface area (Å²) in [5.41, 5.74) is 6.81. The zero-order valence-electron chi connectivity index (χ0n) is 11.8. The molecule has 1 fully saturated rings. The number of pyridine rings is 1. The first-order valence-corrected chi connectivity index (χ1v) is 6.90. The minimum absolute atomic E-state index is 0.0728. The van der Waals surface area contributed by atoms with Crippen molar-refractivity contribution in [2.24, 2.45) is 11.3 Å². The first kappa shape index (κ1) is 12.9. The van der Waals surface area contributed by atoms with E-state index in [9.17, 15) is 4.79 Å². The summed E-state index contributed by atoms with van der Waals surface area (Å²) in [6.07, 6.45) is 2.74. The fourth-order valence-electron chi connectivity index (χ4n) is 2.63. The average molecular weight is 269 g/mol. The van der Waals surface area contributed by atoms with Crippen molar-refractivity contribution in [1.29, 1.82) is 0 Å². The number of nitrogens with two attached hydrogens (primary N) is 1. The van der Waals surface area contributed by atoms with Crippen LogP contribution < -0.4 is 11.1 Å². The number of nitrogen functional groups attached to an aromatic ring is 1. The Morgan fingerprint density at radius 3 is 2.70 bits per heavy atom. The third kappa shape index (κ3) is 2.22. The minimum atomic E-state index is -0.0728. The highest BCUT2D eigenvalue weighted by Gasteiger charge is 2.45. The van der Waals surface area contributed by atoms with E-state index in [0.717, 1.165) is 17.3 Å². The molecule has 1 saturated carbocycles. The summed E-state index contributed by atoms with van der Waals surface area (Å²) in [5, 5.41) is 4.69. The van der Waals surface area contributed by atoms with Gasteiger partial charge in [0.2, 0.25) is 0 Å². The molecule has 1 heterocycles. The Labute approximate surface area is 118 Å². The number of aromatic nitrogens is 1. The van der Waals surface area contributed by atoms with Crippen molar-refractivity contribution in [1.82, 2.24) is 10.3 Å². The number of fused-ring (bicyclic) bond motifs is 1. The molecule has 0 radical (unpaired) electrons. The van der Waals surface area contributed by atoms with Crippen LogP contribution in [-0.2, 0) is 0 Å². The second kappa shape index (κ2) is 4.47. The Kier molecular flexibility index (Phi) is 2.89. The molecule has 1 aromatic heterocycles. The van der Waals surface area contributed by atoms with Crippen molar-refractivity contribution >= 4 is 22.5 Å². The van der Waals surface area contributed by atoms with Crippen LogP contribution in [0.5, 0.6) is 0 Å². The van der Waals surface area contributed by atoms with Gasteiger partial charge in [0.1, 0.15) is 5.82 Å². The fourth-order valence-corrected chi connectivity index (χ4v) is 2.63. The second-order valence-corrected chi connectivity index (χ2v) is 6.20. The number of carbonyl (C=O) groups is 1. The molecule has 0 spiro atoms. The lowest BCUT2D eigenvalue weighted by molar-refractivity contribution is 0.0952. The number of nitrogens with one attached hydrogen (secondary N) is 1. The van der Waals surface area contributed by atoms with Gasteiger partial charge >= 0.3 is 0 Å². The molecule has 2 aromatic rings. The van der Waals surface area contributed by atoms with Gasteiger partial charge in [0.15, 0.2) is 0 Å². The number of amides is 1. The van der Waals surface area contributed by atoms with Gasteiger partial charge in [0.25, 0.3) is 5.91 Å². The van der Waals surface area contributed by atoms with Gasteiger partial charge in [-0.15, -0.1) is 0 Å². The summed E-state index contributed by atoms with van der Waals surface area (Å²) in [6, 6.07) is 7.60. The van der Waals surface area contributed by atoms with Crippen molar-refractivity contribution < 1.29 is 4.79 Å². The summed E-state index contributed by atoms with van der Waals surface area (Å²) in [5.74, 6) is 0.969. The number of nitrogens with zero attached hydrogens (tertiary/aromatic N) is 1. The van der Waals surface area contributed by atoms with Crippen LogP contribution >= 0.6 is 0 Å². The van der Waals surface area contributed by atoms with Crippen molar-refractivity contribution in [3.8, 4) is 0 Å². The number of hydrogen-bond donors (Lipinski definition) is 2. The van der Waals surface area contributed by atoms with E-state index in [1.165, 1.54) is 6.42 Å². The molecular weight excluding hydrogens is 250 g/mol. The third-order valence-electron chi connectivity index (χ3n) is 4.30. The molecule has 1 amide bonds. The Hall–Kier alpha value is -2.10. The lowest BCUT2D eigenvalue weighted by atomic mass is 10.1. The quantitative estimate of drug-likeness (QED) is 0.900. The Morgan fingerprint density at radius 2 is 2.05 bits per heavy atom. The van der Waals surface area contributed by atoms with Crippen LogP contribution in [0.2, 0.25) is 0 Å². The molecule has 1 aromatic carbocycles. The summed E-state index contributed by atoms with van der Waals surface area (Å²) in [4.78, 5) is 16.4. The van der Waals surface area contributed by atoms with E-state index in [4.69, 9.17) is 5.73 Å². The monoisotopic (exact) mass is 269 g/mol. The van der Waals surface area contributed by atoms with E-state index >= 15 is 0 Å². The van der Waals surface area contributed by atoms with Crippen LogP contribution in [0.25, 0.3) is 10.8 Å². The summed E-state index contributed by atoms with van der Waals surface area (Å²) >= 11 is 0. The van der Waals surface area contributed by atoms with E-state index in [1.807, 2.05) is 24.3 Å². The molecule has 3 rings (SSSR count). The van der Waals surface area contributed by atoms with E-state index < -0.39 is 0 Å². The molecule has 1 atom stereocenters. The first-order chi connectivity index (χ1) is 9.49. The summed E-state index contributed by atoms with van der Waals surface area (Å²) in [6.45, 7) is 5.18. The maximum absolute atomic E-state index is 12.3. The van der Waals surface area contributed by atoms with Crippen LogP contribution in [-0.4, -0.2) is 17.4 Å². The molecule has 1 aliphatic rings. The average Bonchev–Trinajstić information content (AvgIpc) is 3.04. The molecule has 4 heteroatoms. The van der Waals surface area contributed by atoms with E-state index in [1.54, 1.807) is 6.20 Å². The Balaban J connectivity index is 1.83. The highest BCUT2D eigenvalue weighted by atomic mass is 16.1. The number of hydrogen-bond acceptors (Lipinski definition) is 3. The van der Waals surface area contributed by atoms with Crippen LogP contribution in [0.3, 0.4) is 0 Å². The molecule has 20 heavy (non-hydrogen) atoms. The highest BCUT2D eigenvalue weighted by Crippen LogP contribution is 2.51. The zero-order valence-corrected chi connectivity index (χ0v) is 11.8. The standard InChI is InChI=1S/C16H19N3O/c1-16(2)7-10(16)8-19-15(20)13-9-18-14(17)12-6-4-3-5-11(12)13/h3-6,9-10H,7-8H2,1-2H3,(H2,17,18)(H,19,20). The topological polar surface area (TPSA) is 68.0 Å². The van der Waals surface area contributed by atoms with Crippen LogP contribution in [0, 0.1) is 11.3 Å². The lowest BCUT2D eigenvalue weighted by Gasteiger charge is -2.09. The van der Waals surface area contributed by atoms with Crippen molar-refractivity contribution in [3.05, 3.63) is 36.0 Å². The Morgan fingerprint density at radius 1 is 1.40 bits per heavy atom. The lowest BCUT2D eigenvalue weighted by Crippen LogP contribution is -2.27. The summed E-state index contributed by atoms with van der Waals surface area (Å²) in [7, 11) is 0. The normalized spacial score (nSPS) is 19.8. The maximum Gasteiger partial charge on any atom is 0.253 e. The van der Waals surface area contributed by atoms with Crippen molar-refractivity contribution in [2.75, 3.05) is 12.3 Å². The largest absolute Gasteiger partial charge is 0.383 e. The summed E-state index contributed by atoms with van der Waals surface area (Å²) < 4.78 is 0. The predicted octanol–water partition coefficient (Wildman–Crippen LogP) is 2.59. The van der Waals surface area contributed by atoms with Gasteiger partial charge in [-0.2, -0.15) is 0 Å². The number of rotatable bonds is 3. The van der Waals surface area contributed by atoms with Crippen LogP contribution in [0.1, 0.15) is 30.6 Å². The van der Waals surface area contributed by atoms with Gasteiger partial charge in [-0.25, -0.2) is 4.98 Å². The second-order valence-electron chi connectivity index (χ2n) is 6.20. The molecule has 1 aliphatic carbocycles. The van der Waals surface area contributed by atoms with Gasteiger partial charge in [-0.05, 0) is 23.1 Å². The molecule has 0 saturated heterocycles. The molecule has 4 nitrogen and oxygen atoms in total. The molecule has 1 unspecified atom stereocenters. The van der Waals surface area contributed by atoms with E-state index in [2.05, 4.69) is 24.1 Å². The van der Waals surface area contributed by atoms with E-state index in [0.29, 0.717) is 22.7 Å². The third-order valence-corrected chi connectivity index (χ3v) is 4.30. The fraction of sp³-hybridized carbons (Fsp3) is 0.375. The number of carbonyl (C=O) groups excluding carboxylic acids is 1. The van der Waals surface area contributed by atoms with Gasteiger partial charge in [0.05, 0.1) is 5.56 Å². The van der Waals surface area contributed by atoms with Crippen molar-refractivity contribution in [3.63, 3.8) is 0 Å². The maximum atomic E-state index is 12.3. The van der Waals surface area contributed by atoms with Gasteiger partial charge in [0, 0.05) is 18.1 Å². The Bertz CT molecular complexity index is 678. The molecule has 0 aliphatic heterocycles. The van der Waals surface area contributed by atoms with Gasteiger partial charge < -0.3 is 11.1 Å². The number of anilines is 1. The predicted molar refractivity (Wildman–Crippen MR) is 80.4 cm³/mol. The molecular formula is C16H19N3O. The smallest absolute Gasteiger partial charge is 0.253 e. The van der Waals surface area contributed by atoms with Gasteiger partial charge in [-0.1, -0.05) is 38.1 Å². The molecule has 104 valence electrons. The zero-order chi connectivity index (χ0) is 14.3. The SMILES string of the molecule is CC1(C)CC1CNC(=O)c1cnc(N)c2ccccc12. The van der Waals surface area contributed by atoms with Crippen LogP contribution in [0.4, 0.5) is 5.82 Å². The van der Waals surface area contributed by atoms with E-state index in [-0.39, 0.29) is 5.91 Å². The van der Waals surface area contributed by atoms with Crippen molar-refractivity contribution in [2.45, 2.75) is 20.3 Å². The van der Waals surface area contributed by atoms with Crippen LogP contribution in [0.15, 0.2) is 30.5 Å². The highest BCUT2D eigenvalue weighted by molar-refractivity contribution is 6.08.